The minimum Gasteiger partial charge on any atom is -0.409 e. The van der Waals surface area contributed by atoms with E-state index in [1.54, 1.807) is 11.8 Å². The Kier molecular flexibility index (Phi) is 6.80. The molecule has 78 valence electrons. The quantitative estimate of drug-likeness (QED) is 0.291. The molecule has 0 aromatic heterocycles. The van der Waals surface area contributed by atoms with Gasteiger partial charge in [-0.25, -0.2) is 0 Å². The minimum absolute atomic E-state index is 0.273. The lowest BCUT2D eigenvalue weighted by molar-refractivity contribution is 0.260. The van der Waals surface area contributed by atoms with Crippen molar-refractivity contribution in [1.29, 1.82) is 0 Å². The predicted molar refractivity (Wildman–Crippen MR) is 58.5 cm³/mol. The molecular formula is C8H19N3OS. The van der Waals surface area contributed by atoms with E-state index in [4.69, 9.17) is 10.9 Å². The zero-order valence-electron chi connectivity index (χ0n) is 8.53. The number of nitrogens with two attached hydrogens (primary N) is 1. The Hall–Kier alpha value is -0.420. The number of thioether (sulfide) groups is 1. The van der Waals surface area contributed by atoms with Gasteiger partial charge in [0.25, 0.3) is 0 Å². The standard InChI is InChI=1S/C8H19N3OS/c1-7(2)11(4-5-13-3)6-8(9)10-12/h7,12H,4-6H2,1-3H3,(H2,9,10). The van der Waals surface area contributed by atoms with Crippen LogP contribution in [0.1, 0.15) is 13.8 Å². The highest BCUT2D eigenvalue weighted by Crippen LogP contribution is 2.00. The zero-order valence-corrected chi connectivity index (χ0v) is 9.34. The van der Waals surface area contributed by atoms with E-state index in [0.717, 1.165) is 12.3 Å². The van der Waals surface area contributed by atoms with Crippen LogP contribution in [-0.2, 0) is 0 Å². The van der Waals surface area contributed by atoms with Crippen molar-refractivity contribution in [2.75, 3.05) is 25.1 Å². The molecule has 0 fully saturated rings. The van der Waals surface area contributed by atoms with Crippen LogP contribution in [0, 0.1) is 0 Å². The maximum atomic E-state index is 8.42. The number of oxime groups is 1. The number of amidine groups is 1. The normalized spacial score (nSPS) is 12.8. The summed E-state index contributed by atoms with van der Waals surface area (Å²) in [6.07, 6.45) is 2.07. The van der Waals surface area contributed by atoms with Gasteiger partial charge in [-0.1, -0.05) is 5.16 Å². The second-order valence-electron chi connectivity index (χ2n) is 3.15. The Bertz CT molecular complexity index is 161. The molecule has 13 heavy (non-hydrogen) atoms. The van der Waals surface area contributed by atoms with E-state index in [1.807, 2.05) is 0 Å². The highest BCUT2D eigenvalue weighted by molar-refractivity contribution is 7.98. The number of rotatable bonds is 6. The summed E-state index contributed by atoms with van der Waals surface area (Å²) in [6, 6.07) is 0.424. The van der Waals surface area contributed by atoms with E-state index in [9.17, 15) is 0 Å². The van der Waals surface area contributed by atoms with Crippen LogP contribution < -0.4 is 5.73 Å². The first-order chi connectivity index (χ1) is 6.11. The van der Waals surface area contributed by atoms with Crippen LogP contribution in [-0.4, -0.2) is 47.1 Å². The Labute approximate surface area is 84.2 Å². The summed E-state index contributed by atoms with van der Waals surface area (Å²) in [7, 11) is 0. The number of hydrogen-bond acceptors (Lipinski definition) is 4. The fourth-order valence-electron chi connectivity index (χ4n) is 0.968. The molecule has 0 bridgehead atoms. The van der Waals surface area contributed by atoms with Crippen LogP contribution in [0.15, 0.2) is 5.16 Å². The molecule has 0 aliphatic heterocycles. The molecule has 0 unspecified atom stereocenters. The van der Waals surface area contributed by atoms with E-state index < -0.39 is 0 Å². The molecule has 0 radical (unpaired) electrons. The Morgan fingerprint density at radius 1 is 1.62 bits per heavy atom. The van der Waals surface area contributed by atoms with Crippen molar-refractivity contribution < 1.29 is 5.21 Å². The third-order valence-electron chi connectivity index (χ3n) is 1.81. The summed E-state index contributed by atoms with van der Waals surface area (Å²) in [5.41, 5.74) is 5.43. The number of nitrogens with zero attached hydrogens (tertiary/aromatic N) is 2. The van der Waals surface area contributed by atoms with Gasteiger partial charge in [-0.3, -0.25) is 4.90 Å². The first-order valence-corrected chi connectivity index (χ1v) is 5.70. The average molecular weight is 205 g/mol. The zero-order chi connectivity index (χ0) is 10.3. The molecule has 3 N–H and O–H groups in total. The van der Waals surface area contributed by atoms with Crippen molar-refractivity contribution in [3.63, 3.8) is 0 Å². The van der Waals surface area contributed by atoms with E-state index in [-0.39, 0.29) is 5.84 Å². The predicted octanol–water partition coefficient (Wildman–Crippen LogP) is 0.806. The highest BCUT2D eigenvalue weighted by atomic mass is 32.2. The summed E-state index contributed by atoms with van der Waals surface area (Å²) in [6.45, 7) is 5.71. The molecular weight excluding hydrogens is 186 g/mol. The smallest absolute Gasteiger partial charge is 0.153 e. The largest absolute Gasteiger partial charge is 0.409 e. The lowest BCUT2D eigenvalue weighted by Crippen LogP contribution is -2.39. The van der Waals surface area contributed by atoms with Gasteiger partial charge in [-0.15, -0.1) is 0 Å². The Balaban J connectivity index is 3.94. The third-order valence-corrected chi connectivity index (χ3v) is 2.40. The lowest BCUT2D eigenvalue weighted by atomic mass is 10.3. The van der Waals surface area contributed by atoms with Crippen LogP contribution in [0.3, 0.4) is 0 Å². The first-order valence-electron chi connectivity index (χ1n) is 4.31. The van der Waals surface area contributed by atoms with Gasteiger partial charge >= 0.3 is 0 Å². The van der Waals surface area contributed by atoms with Crippen molar-refractivity contribution >= 4 is 17.6 Å². The molecule has 0 aliphatic carbocycles. The molecule has 0 aliphatic rings. The van der Waals surface area contributed by atoms with Gasteiger partial charge in [0.1, 0.15) is 0 Å². The second-order valence-corrected chi connectivity index (χ2v) is 4.13. The molecule has 0 atom stereocenters. The summed E-state index contributed by atoms with van der Waals surface area (Å²) in [5, 5.41) is 11.4. The average Bonchev–Trinajstić information content (AvgIpc) is 2.11. The van der Waals surface area contributed by atoms with Crippen molar-refractivity contribution in [3.05, 3.63) is 0 Å². The SMILES string of the molecule is CSCCN(CC(N)=NO)C(C)C. The van der Waals surface area contributed by atoms with Crippen LogP contribution in [0.2, 0.25) is 0 Å². The fourth-order valence-corrected chi connectivity index (χ4v) is 1.39. The van der Waals surface area contributed by atoms with Crippen LogP contribution in [0.25, 0.3) is 0 Å². The molecule has 0 spiro atoms. The van der Waals surface area contributed by atoms with Crippen LogP contribution in [0.4, 0.5) is 0 Å². The molecule has 0 aromatic carbocycles. The summed E-state index contributed by atoms with van der Waals surface area (Å²) in [4.78, 5) is 2.17. The molecule has 0 amide bonds. The van der Waals surface area contributed by atoms with Crippen molar-refractivity contribution in [2.45, 2.75) is 19.9 Å². The van der Waals surface area contributed by atoms with Crippen LogP contribution >= 0.6 is 11.8 Å². The fraction of sp³-hybridized carbons (Fsp3) is 0.875. The maximum absolute atomic E-state index is 8.42. The Morgan fingerprint density at radius 2 is 2.23 bits per heavy atom. The molecule has 0 heterocycles. The number of hydrogen-bond donors (Lipinski definition) is 2. The molecule has 0 rings (SSSR count). The van der Waals surface area contributed by atoms with E-state index in [0.29, 0.717) is 12.6 Å². The first kappa shape index (κ1) is 12.6. The topological polar surface area (TPSA) is 61.8 Å². The van der Waals surface area contributed by atoms with Gasteiger partial charge in [-0.05, 0) is 20.1 Å². The van der Waals surface area contributed by atoms with Crippen LogP contribution in [0.5, 0.6) is 0 Å². The van der Waals surface area contributed by atoms with Gasteiger partial charge in [0, 0.05) is 18.3 Å². The van der Waals surface area contributed by atoms with Gasteiger partial charge in [0.05, 0.1) is 6.54 Å². The van der Waals surface area contributed by atoms with Gasteiger partial charge in [0.15, 0.2) is 5.84 Å². The Morgan fingerprint density at radius 3 is 2.62 bits per heavy atom. The third kappa shape index (κ3) is 5.76. The summed E-state index contributed by atoms with van der Waals surface area (Å²) in [5.74, 6) is 1.34. The van der Waals surface area contributed by atoms with Gasteiger partial charge in [0.2, 0.25) is 0 Å². The van der Waals surface area contributed by atoms with Gasteiger partial charge < -0.3 is 10.9 Å². The summed E-state index contributed by atoms with van der Waals surface area (Å²) < 4.78 is 0. The van der Waals surface area contributed by atoms with Crippen molar-refractivity contribution in [1.82, 2.24) is 4.90 Å². The van der Waals surface area contributed by atoms with E-state index >= 15 is 0 Å². The van der Waals surface area contributed by atoms with E-state index in [2.05, 4.69) is 30.2 Å². The monoisotopic (exact) mass is 205 g/mol. The second kappa shape index (κ2) is 7.03. The highest BCUT2D eigenvalue weighted by Gasteiger charge is 2.10. The van der Waals surface area contributed by atoms with E-state index in [1.165, 1.54) is 0 Å². The van der Waals surface area contributed by atoms with Gasteiger partial charge in [-0.2, -0.15) is 11.8 Å². The molecule has 4 nitrogen and oxygen atoms in total. The van der Waals surface area contributed by atoms with Crippen molar-refractivity contribution in [3.8, 4) is 0 Å². The molecule has 0 saturated heterocycles. The molecule has 5 heteroatoms. The van der Waals surface area contributed by atoms with Crippen molar-refractivity contribution in [2.24, 2.45) is 10.9 Å². The minimum atomic E-state index is 0.273. The molecule has 0 saturated carbocycles. The maximum Gasteiger partial charge on any atom is 0.153 e. The summed E-state index contributed by atoms with van der Waals surface area (Å²) >= 11 is 1.80. The molecule has 0 aromatic rings. The lowest BCUT2D eigenvalue weighted by Gasteiger charge is -2.25.